The number of hydrogen-bond acceptors (Lipinski definition) is 5. The van der Waals surface area contributed by atoms with Crippen LogP contribution in [0.15, 0.2) is 91.0 Å². The molecule has 0 bridgehead atoms. The maximum Gasteiger partial charge on any atom is 0.302 e. The van der Waals surface area contributed by atoms with E-state index in [9.17, 15) is 9.59 Å². The Labute approximate surface area is 233 Å². The van der Waals surface area contributed by atoms with Gasteiger partial charge in [0.2, 0.25) is 0 Å². The SMILES string of the molecule is CCCCCC[C@H](CC[C@@H](COC(c1ccccc1)(c1ccccc1)c1ccccc1)OC(C)=O)OC(C)=O. The molecule has 0 aliphatic carbocycles. The molecule has 208 valence electrons. The van der Waals surface area contributed by atoms with Gasteiger partial charge in [-0.3, -0.25) is 9.59 Å². The van der Waals surface area contributed by atoms with E-state index in [1.807, 2.05) is 54.6 Å². The second-order valence-electron chi connectivity index (χ2n) is 9.98. The third-order valence-corrected chi connectivity index (χ3v) is 6.88. The van der Waals surface area contributed by atoms with Crippen LogP contribution in [0, 0.1) is 0 Å². The summed E-state index contributed by atoms with van der Waals surface area (Å²) < 4.78 is 18.3. The van der Waals surface area contributed by atoms with Crippen LogP contribution < -0.4 is 0 Å². The Kier molecular flexibility index (Phi) is 12.2. The first-order valence-electron chi connectivity index (χ1n) is 14.1. The van der Waals surface area contributed by atoms with Crippen LogP contribution in [-0.4, -0.2) is 30.8 Å². The molecular formula is C34H42O5. The normalized spacial score (nSPS) is 12.9. The van der Waals surface area contributed by atoms with Crippen LogP contribution in [0.5, 0.6) is 0 Å². The van der Waals surface area contributed by atoms with Gasteiger partial charge in [-0.25, -0.2) is 0 Å². The molecule has 0 aliphatic rings. The third kappa shape index (κ3) is 9.07. The number of ether oxygens (including phenoxy) is 3. The average Bonchev–Trinajstić information content (AvgIpc) is 2.95. The first kappa shape index (κ1) is 30.1. The number of benzene rings is 3. The van der Waals surface area contributed by atoms with Gasteiger partial charge >= 0.3 is 11.9 Å². The van der Waals surface area contributed by atoms with E-state index >= 15 is 0 Å². The lowest BCUT2D eigenvalue weighted by atomic mass is 9.80. The van der Waals surface area contributed by atoms with Crippen molar-refractivity contribution in [2.24, 2.45) is 0 Å². The molecule has 3 rings (SSSR count). The Hall–Kier alpha value is -3.44. The van der Waals surface area contributed by atoms with Crippen molar-refractivity contribution in [1.82, 2.24) is 0 Å². The molecule has 0 saturated heterocycles. The molecule has 0 spiro atoms. The van der Waals surface area contributed by atoms with Gasteiger partial charge in [0.1, 0.15) is 17.8 Å². The summed E-state index contributed by atoms with van der Waals surface area (Å²) in [5, 5.41) is 0. The molecular weight excluding hydrogens is 488 g/mol. The van der Waals surface area contributed by atoms with Crippen molar-refractivity contribution in [3.8, 4) is 0 Å². The molecule has 0 heterocycles. The van der Waals surface area contributed by atoms with Crippen LogP contribution in [0.4, 0.5) is 0 Å². The highest BCUT2D eigenvalue weighted by molar-refractivity contribution is 5.66. The van der Waals surface area contributed by atoms with Crippen molar-refractivity contribution in [1.29, 1.82) is 0 Å². The molecule has 39 heavy (non-hydrogen) atoms. The standard InChI is InChI=1S/C34H42O5/c1-4-5-6-16-23-32(38-27(2)35)24-25-33(39-28(3)36)26-37-34(29-17-10-7-11-18-29,30-19-12-8-13-20-30)31-21-14-9-15-22-31/h7-15,17-22,32-33H,4-6,16,23-26H2,1-3H3/t32-,33+/m1/s1. The predicted molar refractivity (Wildman–Crippen MR) is 154 cm³/mol. The highest BCUT2D eigenvalue weighted by Gasteiger charge is 2.38. The lowest BCUT2D eigenvalue weighted by molar-refractivity contribution is -0.155. The largest absolute Gasteiger partial charge is 0.463 e. The van der Waals surface area contributed by atoms with Crippen molar-refractivity contribution >= 4 is 11.9 Å². The summed E-state index contributed by atoms with van der Waals surface area (Å²) in [6, 6.07) is 30.4. The third-order valence-electron chi connectivity index (χ3n) is 6.88. The smallest absolute Gasteiger partial charge is 0.302 e. The van der Waals surface area contributed by atoms with Crippen molar-refractivity contribution in [3.63, 3.8) is 0 Å². The van der Waals surface area contributed by atoms with E-state index < -0.39 is 11.7 Å². The number of esters is 2. The zero-order valence-electron chi connectivity index (χ0n) is 23.5. The molecule has 3 aromatic rings. The molecule has 0 amide bonds. The van der Waals surface area contributed by atoms with E-state index in [0.29, 0.717) is 12.8 Å². The van der Waals surface area contributed by atoms with Gasteiger partial charge in [-0.1, -0.05) is 117 Å². The van der Waals surface area contributed by atoms with Crippen LogP contribution >= 0.6 is 0 Å². The molecule has 5 heteroatoms. The molecule has 0 aromatic heterocycles. The quantitative estimate of drug-likeness (QED) is 0.108. The van der Waals surface area contributed by atoms with Crippen LogP contribution in [0.25, 0.3) is 0 Å². The van der Waals surface area contributed by atoms with Gasteiger partial charge in [0.25, 0.3) is 0 Å². The van der Waals surface area contributed by atoms with Gasteiger partial charge in [-0.15, -0.1) is 0 Å². The second kappa shape index (κ2) is 15.8. The summed E-state index contributed by atoms with van der Waals surface area (Å²) in [5.41, 5.74) is 2.05. The second-order valence-corrected chi connectivity index (χ2v) is 9.98. The minimum absolute atomic E-state index is 0.181. The highest BCUT2D eigenvalue weighted by Crippen LogP contribution is 2.40. The molecule has 0 saturated carbocycles. The van der Waals surface area contributed by atoms with Crippen LogP contribution in [-0.2, 0) is 29.4 Å². The Morgan fingerprint density at radius 1 is 0.615 bits per heavy atom. The minimum Gasteiger partial charge on any atom is -0.463 e. The molecule has 0 aliphatic heterocycles. The molecule has 3 aromatic carbocycles. The number of rotatable bonds is 16. The zero-order valence-corrected chi connectivity index (χ0v) is 23.5. The van der Waals surface area contributed by atoms with Crippen molar-refractivity contribution in [2.45, 2.75) is 83.5 Å². The molecule has 2 atom stereocenters. The average molecular weight is 531 g/mol. The number of carbonyl (C=O) groups excluding carboxylic acids is 2. The number of carbonyl (C=O) groups is 2. The molecule has 0 radical (unpaired) electrons. The lowest BCUT2D eigenvalue weighted by Gasteiger charge is -2.37. The van der Waals surface area contributed by atoms with E-state index in [-0.39, 0.29) is 24.6 Å². The van der Waals surface area contributed by atoms with E-state index in [1.54, 1.807) is 0 Å². The summed E-state index contributed by atoms with van der Waals surface area (Å²) in [6.45, 7) is 5.22. The van der Waals surface area contributed by atoms with E-state index in [2.05, 4.69) is 43.3 Å². The van der Waals surface area contributed by atoms with Gasteiger partial charge < -0.3 is 14.2 Å². The first-order valence-corrected chi connectivity index (χ1v) is 14.1. The fraction of sp³-hybridized carbons (Fsp3) is 0.412. The van der Waals surface area contributed by atoms with E-state index in [4.69, 9.17) is 14.2 Å². The molecule has 0 N–H and O–H groups in total. The van der Waals surface area contributed by atoms with Gasteiger partial charge in [0.15, 0.2) is 0 Å². The van der Waals surface area contributed by atoms with Gasteiger partial charge in [0, 0.05) is 13.8 Å². The highest BCUT2D eigenvalue weighted by atomic mass is 16.6. The fourth-order valence-electron chi connectivity index (χ4n) is 5.06. The first-order chi connectivity index (χ1) is 19.0. The van der Waals surface area contributed by atoms with E-state index in [0.717, 1.165) is 48.8 Å². The molecule has 0 fully saturated rings. The summed E-state index contributed by atoms with van der Waals surface area (Å²) in [6.07, 6.45) is 5.65. The van der Waals surface area contributed by atoms with Crippen molar-refractivity contribution in [3.05, 3.63) is 108 Å². The Morgan fingerprint density at radius 3 is 1.49 bits per heavy atom. The maximum absolute atomic E-state index is 12.1. The predicted octanol–water partition coefficient (Wildman–Crippen LogP) is 7.61. The Balaban J connectivity index is 1.88. The minimum atomic E-state index is -0.905. The Morgan fingerprint density at radius 2 is 1.05 bits per heavy atom. The zero-order chi connectivity index (χ0) is 27.9. The fourth-order valence-corrected chi connectivity index (χ4v) is 5.06. The van der Waals surface area contributed by atoms with Crippen LogP contribution in [0.1, 0.15) is 82.4 Å². The topological polar surface area (TPSA) is 61.8 Å². The van der Waals surface area contributed by atoms with Crippen molar-refractivity contribution < 1.29 is 23.8 Å². The summed E-state index contributed by atoms with van der Waals surface area (Å²) in [5.74, 6) is -0.646. The lowest BCUT2D eigenvalue weighted by Crippen LogP contribution is -2.37. The van der Waals surface area contributed by atoms with Gasteiger partial charge in [-0.05, 0) is 42.4 Å². The molecule has 0 unspecified atom stereocenters. The summed E-state index contributed by atoms with van der Waals surface area (Å²) in [4.78, 5) is 23.9. The summed E-state index contributed by atoms with van der Waals surface area (Å²) >= 11 is 0. The van der Waals surface area contributed by atoms with Crippen molar-refractivity contribution in [2.75, 3.05) is 6.61 Å². The molecule has 5 nitrogen and oxygen atoms in total. The van der Waals surface area contributed by atoms with Gasteiger partial charge in [0.05, 0.1) is 6.61 Å². The Bertz CT molecular complexity index is 1020. The number of unbranched alkanes of at least 4 members (excludes halogenated alkanes) is 3. The van der Waals surface area contributed by atoms with Gasteiger partial charge in [-0.2, -0.15) is 0 Å². The summed E-state index contributed by atoms with van der Waals surface area (Å²) in [7, 11) is 0. The van der Waals surface area contributed by atoms with Crippen LogP contribution in [0.3, 0.4) is 0 Å². The maximum atomic E-state index is 12.1. The monoisotopic (exact) mass is 530 g/mol. The van der Waals surface area contributed by atoms with Crippen LogP contribution in [0.2, 0.25) is 0 Å². The van der Waals surface area contributed by atoms with E-state index in [1.165, 1.54) is 13.8 Å². The number of hydrogen-bond donors (Lipinski definition) is 0.